The van der Waals surface area contributed by atoms with Crippen molar-refractivity contribution in [3.63, 3.8) is 0 Å². The molecule has 2 aromatic heterocycles. The van der Waals surface area contributed by atoms with Crippen LogP contribution in [0.5, 0.6) is 0 Å². The van der Waals surface area contributed by atoms with Crippen LogP contribution < -0.4 is 11.1 Å². The molecule has 1 unspecified atom stereocenters. The molecule has 0 aliphatic carbocycles. The number of fused-ring (bicyclic) bond motifs is 1. The van der Waals surface area contributed by atoms with Gasteiger partial charge in [-0.2, -0.15) is 5.10 Å². The molecule has 0 bridgehead atoms. The fourth-order valence-electron chi connectivity index (χ4n) is 1.83. The highest BCUT2D eigenvalue weighted by Gasteiger charge is 2.12. The highest BCUT2D eigenvalue weighted by Crippen LogP contribution is 2.13. The average molecular weight is 233 g/mol. The lowest BCUT2D eigenvalue weighted by molar-refractivity contribution is 0.497. The van der Waals surface area contributed by atoms with E-state index in [0.29, 0.717) is 18.5 Å². The Morgan fingerprint density at radius 3 is 2.94 bits per heavy atom. The normalized spacial score (nSPS) is 13.2. The monoisotopic (exact) mass is 233 g/mol. The zero-order valence-corrected chi connectivity index (χ0v) is 10.3. The molecule has 17 heavy (non-hydrogen) atoms. The maximum absolute atomic E-state index is 5.62. The number of anilines is 1. The van der Waals surface area contributed by atoms with Gasteiger partial charge >= 0.3 is 0 Å². The van der Waals surface area contributed by atoms with Gasteiger partial charge in [0.2, 0.25) is 0 Å². The summed E-state index contributed by atoms with van der Waals surface area (Å²) in [7, 11) is 0. The Balaban J connectivity index is 2.15. The Kier molecular flexibility index (Phi) is 3.58. The van der Waals surface area contributed by atoms with E-state index in [4.69, 9.17) is 5.73 Å². The van der Waals surface area contributed by atoms with E-state index in [0.717, 1.165) is 17.9 Å². The van der Waals surface area contributed by atoms with Crippen molar-refractivity contribution in [1.29, 1.82) is 0 Å². The lowest BCUT2D eigenvalue weighted by Gasteiger charge is -2.22. The zero-order valence-electron chi connectivity index (χ0n) is 10.3. The third-order valence-electron chi connectivity index (χ3n) is 2.87. The van der Waals surface area contributed by atoms with Crippen molar-refractivity contribution in [2.75, 3.05) is 11.9 Å². The van der Waals surface area contributed by atoms with Gasteiger partial charge in [0, 0.05) is 18.3 Å². The molecule has 1 atom stereocenters. The van der Waals surface area contributed by atoms with Crippen LogP contribution in [-0.2, 0) is 0 Å². The Labute approximate surface area is 101 Å². The van der Waals surface area contributed by atoms with E-state index in [2.05, 4.69) is 29.2 Å². The Bertz CT molecular complexity index is 476. The summed E-state index contributed by atoms with van der Waals surface area (Å²) in [6.45, 7) is 5.06. The van der Waals surface area contributed by atoms with E-state index in [1.165, 1.54) is 0 Å². The standard InChI is InChI=1S/C12H19N5/c1-9(2)10(3-6-13)15-11-5-8-17-12(16-11)4-7-14-17/h4-5,7-10H,3,6,13H2,1-2H3,(H,15,16). The van der Waals surface area contributed by atoms with Crippen LogP contribution in [0.25, 0.3) is 5.65 Å². The third kappa shape index (κ3) is 2.74. The number of nitrogens with two attached hydrogens (primary N) is 1. The van der Waals surface area contributed by atoms with Gasteiger partial charge in [0.05, 0.1) is 6.20 Å². The predicted molar refractivity (Wildman–Crippen MR) is 68.9 cm³/mol. The van der Waals surface area contributed by atoms with E-state index in [1.54, 1.807) is 10.7 Å². The number of nitrogens with one attached hydrogen (secondary N) is 1. The first kappa shape index (κ1) is 11.9. The highest BCUT2D eigenvalue weighted by molar-refractivity contribution is 5.45. The van der Waals surface area contributed by atoms with Gasteiger partial charge in [-0.05, 0) is 24.9 Å². The molecule has 0 amide bonds. The van der Waals surface area contributed by atoms with Crippen molar-refractivity contribution in [2.24, 2.45) is 11.7 Å². The zero-order chi connectivity index (χ0) is 12.3. The molecule has 3 N–H and O–H groups in total. The fraction of sp³-hybridized carbons (Fsp3) is 0.500. The first-order valence-corrected chi connectivity index (χ1v) is 5.97. The van der Waals surface area contributed by atoms with E-state index >= 15 is 0 Å². The van der Waals surface area contributed by atoms with Crippen LogP contribution in [0.4, 0.5) is 5.82 Å². The van der Waals surface area contributed by atoms with Crippen LogP contribution in [0.3, 0.4) is 0 Å². The third-order valence-corrected chi connectivity index (χ3v) is 2.87. The molecule has 0 fully saturated rings. The number of rotatable bonds is 5. The maximum Gasteiger partial charge on any atom is 0.157 e. The van der Waals surface area contributed by atoms with Gasteiger partial charge < -0.3 is 11.1 Å². The van der Waals surface area contributed by atoms with Crippen LogP contribution in [0.2, 0.25) is 0 Å². The molecule has 2 heterocycles. The lowest BCUT2D eigenvalue weighted by atomic mass is 10.0. The molecule has 0 radical (unpaired) electrons. The minimum absolute atomic E-state index is 0.359. The van der Waals surface area contributed by atoms with Crippen molar-refractivity contribution in [1.82, 2.24) is 14.6 Å². The molecule has 2 rings (SSSR count). The van der Waals surface area contributed by atoms with Gasteiger partial charge in [0.25, 0.3) is 0 Å². The van der Waals surface area contributed by atoms with Crippen LogP contribution in [0.1, 0.15) is 20.3 Å². The molecule has 0 saturated heterocycles. The Morgan fingerprint density at radius 2 is 2.24 bits per heavy atom. The molecule has 0 aliphatic rings. The van der Waals surface area contributed by atoms with Crippen molar-refractivity contribution < 1.29 is 0 Å². The summed E-state index contributed by atoms with van der Waals surface area (Å²) in [5, 5.41) is 7.55. The second kappa shape index (κ2) is 5.14. The number of nitrogens with zero attached hydrogens (tertiary/aromatic N) is 3. The number of hydrogen-bond donors (Lipinski definition) is 2. The van der Waals surface area contributed by atoms with Crippen molar-refractivity contribution in [3.8, 4) is 0 Å². The van der Waals surface area contributed by atoms with E-state index in [1.807, 2.05) is 18.3 Å². The highest BCUT2D eigenvalue weighted by atomic mass is 15.2. The van der Waals surface area contributed by atoms with E-state index in [-0.39, 0.29) is 0 Å². The molecule has 5 heteroatoms. The van der Waals surface area contributed by atoms with Gasteiger partial charge in [-0.3, -0.25) is 0 Å². The van der Waals surface area contributed by atoms with Crippen LogP contribution in [-0.4, -0.2) is 27.2 Å². The first-order chi connectivity index (χ1) is 8.20. The molecule has 5 nitrogen and oxygen atoms in total. The molecule has 0 spiro atoms. The Hall–Kier alpha value is -1.62. The predicted octanol–water partition coefficient (Wildman–Crippen LogP) is 1.51. The second-order valence-corrected chi connectivity index (χ2v) is 4.52. The molecule has 92 valence electrons. The largest absolute Gasteiger partial charge is 0.367 e. The summed E-state index contributed by atoms with van der Waals surface area (Å²) in [5.41, 5.74) is 6.47. The quantitative estimate of drug-likeness (QED) is 0.821. The molecular weight excluding hydrogens is 214 g/mol. The fourth-order valence-corrected chi connectivity index (χ4v) is 1.83. The minimum atomic E-state index is 0.359. The summed E-state index contributed by atoms with van der Waals surface area (Å²) in [6.07, 6.45) is 4.60. The van der Waals surface area contributed by atoms with Gasteiger partial charge in [0.15, 0.2) is 5.65 Å². The number of aromatic nitrogens is 3. The molecular formula is C12H19N5. The summed E-state index contributed by atoms with van der Waals surface area (Å²) < 4.78 is 1.75. The SMILES string of the molecule is CC(C)C(CCN)Nc1ccn2nccc2n1. The molecule has 0 saturated carbocycles. The summed E-state index contributed by atoms with van der Waals surface area (Å²) in [5.74, 6) is 1.41. The summed E-state index contributed by atoms with van der Waals surface area (Å²) >= 11 is 0. The van der Waals surface area contributed by atoms with Crippen LogP contribution >= 0.6 is 0 Å². The van der Waals surface area contributed by atoms with Gasteiger partial charge in [-0.15, -0.1) is 0 Å². The van der Waals surface area contributed by atoms with Gasteiger partial charge in [-0.1, -0.05) is 13.8 Å². The first-order valence-electron chi connectivity index (χ1n) is 5.97. The summed E-state index contributed by atoms with van der Waals surface area (Å²) in [6, 6.07) is 4.18. The molecule has 0 aromatic carbocycles. The second-order valence-electron chi connectivity index (χ2n) is 4.52. The Morgan fingerprint density at radius 1 is 1.41 bits per heavy atom. The van der Waals surface area contributed by atoms with Crippen LogP contribution in [0.15, 0.2) is 24.5 Å². The number of hydrogen-bond acceptors (Lipinski definition) is 4. The van der Waals surface area contributed by atoms with Gasteiger partial charge in [-0.25, -0.2) is 9.50 Å². The molecule has 2 aromatic rings. The lowest BCUT2D eigenvalue weighted by Crippen LogP contribution is -2.28. The van der Waals surface area contributed by atoms with E-state index in [9.17, 15) is 0 Å². The van der Waals surface area contributed by atoms with Crippen LogP contribution in [0, 0.1) is 5.92 Å². The van der Waals surface area contributed by atoms with Crippen molar-refractivity contribution in [2.45, 2.75) is 26.3 Å². The topological polar surface area (TPSA) is 68.2 Å². The van der Waals surface area contributed by atoms with Crippen molar-refractivity contribution in [3.05, 3.63) is 24.5 Å². The average Bonchev–Trinajstić information content (AvgIpc) is 2.75. The van der Waals surface area contributed by atoms with Gasteiger partial charge in [0.1, 0.15) is 5.82 Å². The van der Waals surface area contributed by atoms with Crippen molar-refractivity contribution >= 4 is 11.5 Å². The molecule has 0 aliphatic heterocycles. The van der Waals surface area contributed by atoms with E-state index < -0.39 is 0 Å². The smallest absolute Gasteiger partial charge is 0.157 e. The summed E-state index contributed by atoms with van der Waals surface area (Å²) in [4.78, 5) is 4.49. The minimum Gasteiger partial charge on any atom is -0.367 e. The maximum atomic E-state index is 5.62.